The summed E-state index contributed by atoms with van der Waals surface area (Å²) in [6.07, 6.45) is 3.77. The van der Waals surface area contributed by atoms with Gasteiger partial charge in [0.05, 0.1) is 0 Å². The molecule has 140 valence electrons. The summed E-state index contributed by atoms with van der Waals surface area (Å²) in [6.45, 7) is 1.18. The number of ketones is 1. The van der Waals surface area contributed by atoms with Gasteiger partial charge in [-0.25, -0.2) is 0 Å². The summed E-state index contributed by atoms with van der Waals surface area (Å²) < 4.78 is 0. The molecular weight excluding hydrogens is 342 g/mol. The van der Waals surface area contributed by atoms with Crippen LogP contribution in [0.4, 0.5) is 5.69 Å². The lowest BCUT2D eigenvalue weighted by Crippen LogP contribution is -2.29. The summed E-state index contributed by atoms with van der Waals surface area (Å²) in [5.41, 5.74) is 4.27. The van der Waals surface area contributed by atoms with Gasteiger partial charge in [-0.1, -0.05) is 72.8 Å². The summed E-state index contributed by atoms with van der Waals surface area (Å²) in [7, 11) is 0. The average molecular weight is 367 g/mol. The Labute approximate surface area is 166 Å². The lowest BCUT2D eigenvalue weighted by molar-refractivity contribution is 0.103. The first-order valence-corrected chi connectivity index (χ1v) is 10.3. The van der Waals surface area contributed by atoms with Crippen LogP contribution in [0.5, 0.6) is 0 Å². The molecule has 0 N–H and O–H groups in total. The molecule has 2 aliphatic rings. The molecule has 3 aromatic rings. The fourth-order valence-corrected chi connectivity index (χ4v) is 5.14. The van der Waals surface area contributed by atoms with Crippen molar-refractivity contribution in [1.29, 1.82) is 0 Å². The zero-order valence-corrected chi connectivity index (χ0v) is 16.0. The van der Waals surface area contributed by atoms with Gasteiger partial charge in [-0.05, 0) is 48.8 Å². The van der Waals surface area contributed by atoms with Gasteiger partial charge in [0, 0.05) is 29.4 Å². The van der Waals surface area contributed by atoms with Crippen molar-refractivity contribution < 1.29 is 4.79 Å². The zero-order valence-electron chi connectivity index (χ0n) is 16.0. The molecular formula is C26H25NO. The number of rotatable bonds is 4. The molecule has 0 bridgehead atoms. The minimum absolute atomic E-state index is 0.102. The number of carbonyl (C=O) groups is 1. The van der Waals surface area contributed by atoms with Crippen LogP contribution in [-0.4, -0.2) is 18.4 Å². The predicted octanol–water partition coefficient (Wildman–Crippen LogP) is 5.69. The monoisotopic (exact) mass is 367 g/mol. The number of benzene rings is 3. The SMILES string of the molecule is O=C(c1ccccc1)c1ccc([C@@H]2C[C@@H]3CCN(c4ccccc4)[C@@H]3C2)cc1. The van der Waals surface area contributed by atoms with E-state index in [1.54, 1.807) is 0 Å². The molecule has 1 saturated carbocycles. The molecule has 3 atom stereocenters. The van der Waals surface area contributed by atoms with E-state index in [1.165, 1.54) is 37.1 Å². The summed E-state index contributed by atoms with van der Waals surface area (Å²) in [6, 6.07) is 29.4. The first kappa shape index (κ1) is 17.2. The van der Waals surface area contributed by atoms with Crippen molar-refractivity contribution in [2.75, 3.05) is 11.4 Å². The van der Waals surface area contributed by atoms with Gasteiger partial charge in [0.25, 0.3) is 0 Å². The quantitative estimate of drug-likeness (QED) is 0.552. The van der Waals surface area contributed by atoms with Gasteiger partial charge >= 0.3 is 0 Å². The van der Waals surface area contributed by atoms with Gasteiger partial charge in [0.15, 0.2) is 5.78 Å². The first-order valence-electron chi connectivity index (χ1n) is 10.3. The summed E-state index contributed by atoms with van der Waals surface area (Å²) in [5, 5.41) is 0. The molecule has 5 rings (SSSR count). The van der Waals surface area contributed by atoms with Gasteiger partial charge in [0.2, 0.25) is 0 Å². The highest BCUT2D eigenvalue weighted by Gasteiger charge is 2.42. The molecule has 0 radical (unpaired) electrons. The molecule has 0 amide bonds. The van der Waals surface area contributed by atoms with Gasteiger partial charge in [-0.3, -0.25) is 4.79 Å². The Morgan fingerprint density at radius 1 is 0.750 bits per heavy atom. The molecule has 1 heterocycles. The summed E-state index contributed by atoms with van der Waals surface area (Å²) in [5.74, 6) is 1.49. The van der Waals surface area contributed by atoms with Crippen molar-refractivity contribution in [2.45, 2.75) is 31.2 Å². The van der Waals surface area contributed by atoms with Crippen molar-refractivity contribution in [1.82, 2.24) is 0 Å². The molecule has 0 unspecified atom stereocenters. The number of fused-ring (bicyclic) bond motifs is 1. The number of carbonyl (C=O) groups excluding carboxylic acids is 1. The zero-order chi connectivity index (χ0) is 18.9. The third-order valence-electron chi connectivity index (χ3n) is 6.57. The van der Waals surface area contributed by atoms with E-state index in [-0.39, 0.29) is 5.78 Å². The highest BCUT2D eigenvalue weighted by molar-refractivity contribution is 6.08. The maximum Gasteiger partial charge on any atom is 0.193 e. The normalized spacial score (nSPS) is 23.6. The third kappa shape index (κ3) is 3.13. The minimum Gasteiger partial charge on any atom is -0.368 e. The Kier molecular flexibility index (Phi) is 4.48. The molecule has 0 spiro atoms. The highest BCUT2D eigenvalue weighted by Crippen LogP contribution is 2.47. The molecule has 2 nitrogen and oxygen atoms in total. The molecule has 28 heavy (non-hydrogen) atoms. The van der Waals surface area contributed by atoms with Crippen molar-refractivity contribution in [3.05, 3.63) is 102 Å². The van der Waals surface area contributed by atoms with Crippen molar-refractivity contribution >= 4 is 11.5 Å². The number of hydrogen-bond acceptors (Lipinski definition) is 2. The van der Waals surface area contributed by atoms with E-state index in [4.69, 9.17) is 0 Å². The van der Waals surface area contributed by atoms with Gasteiger partial charge in [-0.2, -0.15) is 0 Å². The molecule has 2 fully saturated rings. The van der Waals surface area contributed by atoms with E-state index < -0.39 is 0 Å². The van der Waals surface area contributed by atoms with Crippen LogP contribution in [0.2, 0.25) is 0 Å². The van der Waals surface area contributed by atoms with E-state index in [1.807, 2.05) is 42.5 Å². The second-order valence-electron chi connectivity index (χ2n) is 8.13. The lowest BCUT2D eigenvalue weighted by Gasteiger charge is -2.26. The van der Waals surface area contributed by atoms with E-state index in [2.05, 4.69) is 47.4 Å². The molecule has 2 heteroatoms. The minimum atomic E-state index is 0.102. The molecule has 3 aromatic carbocycles. The predicted molar refractivity (Wildman–Crippen MR) is 114 cm³/mol. The third-order valence-corrected chi connectivity index (χ3v) is 6.57. The summed E-state index contributed by atoms with van der Waals surface area (Å²) >= 11 is 0. The van der Waals surface area contributed by atoms with Crippen LogP contribution in [0.1, 0.15) is 46.7 Å². The van der Waals surface area contributed by atoms with Crippen molar-refractivity contribution in [3.63, 3.8) is 0 Å². The van der Waals surface area contributed by atoms with E-state index >= 15 is 0 Å². The Morgan fingerprint density at radius 3 is 2.11 bits per heavy atom. The number of hydrogen-bond donors (Lipinski definition) is 0. The maximum atomic E-state index is 12.6. The number of para-hydroxylation sites is 1. The van der Waals surface area contributed by atoms with Gasteiger partial charge in [0.1, 0.15) is 0 Å². The lowest BCUT2D eigenvalue weighted by atomic mass is 9.93. The van der Waals surface area contributed by atoms with E-state index in [9.17, 15) is 4.79 Å². The van der Waals surface area contributed by atoms with E-state index in [0.29, 0.717) is 12.0 Å². The second-order valence-corrected chi connectivity index (χ2v) is 8.13. The average Bonchev–Trinajstić information content (AvgIpc) is 3.36. The molecule has 1 aliphatic carbocycles. The Balaban J connectivity index is 1.31. The number of anilines is 1. The van der Waals surface area contributed by atoms with Crippen LogP contribution in [0, 0.1) is 5.92 Å². The van der Waals surface area contributed by atoms with Gasteiger partial charge in [-0.15, -0.1) is 0 Å². The first-order chi connectivity index (χ1) is 13.8. The van der Waals surface area contributed by atoms with Crippen LogP contribution in [-0.2, 0) is 0 Å². The molecule has 0 aromatic heterocycles. The topological polar surface area (TPSA) is 20.3 Å². The standard InChI is InChI=1S/C26H25NO/c28-26(20-7-3-1-4-8-20)21-13-11-19(12-14-21)23-17-22-15-16-27(25(22)18-23)24-9-5-2-6-10-24/h1-14,22-23,25H,15-18H2/t22-,23+,25+/m0/s1. The second kappa shape index (κ2) is 7.27. The smallest absolute Gasteiger partial charge is 0.193 e. The summed E-state index contributed by atoms with van der Waals surface area (Å²) in [4.78, 5) is 15.2. The Bertz CT molecular complexity index is 949. The molecule has 1 saturated heterocycles. The van der Waals surface area contributed by atoms with Crippen LogP contribution in [0.25, 0.3) is 0 Å². The van der Waals surface area contributed by atoms with Crippen LogP contribution in [0.3, 0.4) is 0 Å². The maximum absolute atomic E-state index is 12.6. The Hall–Kier alpha value is -2.87. The van der Waals surface area contributed by atoms with Crippen LogP contribution in [0.15, 0.2) is 84.9 Å². The van der Waals surface area contributed by atoms with Gasteiger partial charge < -0.3 is 4.90 Å². The fraction of sp³-hybridized carbons (Fsp3) is 0.269. The largest absolute Gasteiger partial charge is 0.368 e. The van der Waals surface area contributed by atoms with Crippen LogP contribution >= 0.6 is 0 Å². The van der Waals surface area contributed by atoms with E-state index in [0.717, 1.165) is 17.0 Å². The van der Waals surface area contributed by atoms with Crippen molar-refractivity contribution in [2.24, 2.45) is 5.92 Å². The van der Waals surface area contributed by atoms with Crippen LogP contribution < -0.4 is 4.90 Å². The highest BCUT2D eigenvalue weighted by atomic mass is 16.1. The molecule has 1 aliphatic heterocycles. The fourth-order valence-electron chi connectivity index (χ4n) is 5.14. The van der Waals surface area contributed by atoms with Crippen molar-refractivity contribution in [3.8, 4) is 0 Å². The number of nitrogens with zero attached hydrogens (tertiary/aromatic N) is 1. The Morgan fingerprint density at radius 2 is 1.39 bits per heavy atom.